The molecule has 0 aromatic rings. The smallest absolute Gasteiger partial charge is 0.188 e. The van der Waals surface area contributed by atoms with Gasteiger partial charge in [-0.1, -0.05) is 51.9 Å². The van der Waals surface area contributed by atoms with Gasteiger partial charge in [-0.05, 0) is 39.9 Å². The lowest BCUT2D eigenvalue weighted by molar-refractivity contribution is -0.219. The van der Waals surface area contributed by atoms with Crippen LogP contribution in [0.3, 0.4) is 0 Å². The highest BCUT2D eigenvalue weighted by Crippen LogP contribution is 2.45. The normalized spacial score (nSPS) is 36.1. The number of ether oxygens (including phenoxy) is 5. The van der Waals surface area contributed by atoms with Crippen molar-refractivity contribution in [3.05, 3.63) is 0 Å². The van der Waals surface area contributed by atoms with E-state index in [4.69, 9.17) is 23.7 Å². The van der Waals surface area contributed by atoms with E-state index in [2.05, 4.69) is 6.92 Å². The molecule has 0 aliphatic carbocycles. The van der Waals surface area contributed by atoms with Crippen LogP contribution in [0, 0.1) is 0 Å². The Balaban J connectivity index is 1.45. The van der Waals surface area contributed by atoms with Crippen molar-refractivity contribution in [2.75, 3.05) is 12.4 Å². The monoisotopic (exact) mass is 416 g/mol. The van der Waals surface area contributed by atoms with E-state index in [1.165, 1.54) is 51.4 Å². The summed E-state index contributed by atoms with van der Waals surface area (Å²) < 4.78 is 30.3. The van der Waals surface area contributed by atoms with Crippen molar-refractivity contribution >= 4 is 11.8 Å². The first-order valence-electron chi connectivity index (χ1n) is 11.3. The zero-order chi connectivity index (χ0) is 20.2. The van der Waals surface area contributed by atoms with Crippen LogP contribution in [-0.4, -0.2) is 53.8 Å². The molecular weight excluding hydrogens is 376 g/mol. The fraction of sp³-hybridized carbons (Fsp3) is 1.00. The fourth-order valence-electron chi connectivity index (χ4n) is 4.33. The third-order valence-electron chi connectivity index (χ3n) is 5.73. The molecule has 3 saturated heterocycles. The minimum absolute atomic E-state index is 0.0358. The molecular formula is C22H40O5S. The summed E-state index contributed by atoms with van der Waals surface area (Å²) >= 11 is 1.96. The van der Waals surface area contributed by atoms with Gasteiger partial charge in [-0.15, -0.1) is 0 Å². The lowest BCUT2D eigenvalue weighted by atomic mass is 10.1. The lowest BCUT2D eigenvalue weighted by Crippen LogP contribution is -2.41. The first-order valence-corrected chi connectivity index (χ1v) is 12.3. The molecule has 3 heterocycles. The predicted molar refractivity (Wildman–Crippen MR) is 112 cm³/mol. The van der Waals surface area contributed by atoms with E-state index in [1.54, 1.807) is 0 Å². The molecule has 0 saturated carbocycles. The number of rotatable bonds is 11. The number of hydrogen-bond donors (Lipinski definition) is 0. The number of fused-ring (bicyclic) bond motifs is 1. The van der Waals surface area contributed by atoms with E-state index < -0.39 is 11.6 Å². The Morgan fingerprint density at radius 2 is 1.46 bits per heavy atom. The second-order valence-electron chi connectivity index (χ2n) is 9.25. The van der Waals surface area contributed by atoms with E-state index >= 15 is 0 Å². The van der Waals surface area contributed by atoms with Gasteiger partial charge >= 0.3 is 0 Å². The molecule has 3 aliphatic rings. The molecule has 3 rings (SSSR count). The van der Waals surface area contributed by atoms with Gasteiger partial charge < -0.3 is 23.7 Å². The van der Waals surface area contributed by atoms with Crippen LogP contribution in [0.2, 0.25) is 0 Å². The Labute approximate surface area is 175 Å². The van der Waals surface area contributed by atoms with E-state index in [0.717, 1.165) is 5.75 Å². The van der Waals surface area contributed by atoms with Crippen molar-refractivity contribution in [1.29, 1.82) is 0 Å². The van der Waals surface area contributed by atoms with Crippen molar-refractivity contribution in [3.8, 4) is 0 Å². The summed E-state index contributed by atoms with van der Waals surface area (Å²) in [6.07, 6.45) is 10.3. The SMILES string of the molecule is CCCCCCCCCCS[C@@H]1[C@H]2OC(C)(C)O[C@H]2O[C@@H]1[C@H]1COC(C)(C)O1. The minimum Gasteiger partial charge on any atom is -0.348 e. The van der Waals surface area contributed by atoms with Crippen LogP contribution >= 0.6 is 11.8 Å². The number of thioether (sulfide) groups is 1. The summed E-state index contributed by atoms with van der Waals surface area (Å²) in [4.78, 5) is 0. The maximum Gasteiger partial charge on any atom is 0.188 e. The van der Waals surface area contributed by atoms with Gasteiger partial charge in [0.1, 0.15) is 18.3 Å². The third kappa shape index (κ3) is 6.08. The van der Waals surface area contributed by atoms with Gasteiger partial charge in [-0.25, -0.2) is 0 Å². The zero-order valence-electron chi connectivity index (χ0n) is 18.4. The maximum absolute atomic E-state index is 6.27. The summed E-state index contributed by atoms with van der Waals surface area (Å²) in [5, 5.41) is 0.221. The molecule has 5 nitrogen and oxygen atoms in total. The van der Waals surface area contributed by atoms with Crippen molar-refractivity contribution in [2.45, 2.75) is 127 Å². The quantitative estimate of drug-likeness (QED) is 0.428. The number of hydrogen-bond acceptors (Lipinski definition) is 6. The average Bonchev–Trinajstić information content (AvgIpc) is 3.23. The van der Waals surface area contributed by atoms with E-state index in [1.807, 2.05) is 39.5 Å². The zero-order valence-corrected chi connectivity index (χ0v) is 19.2. The molecule has 0 bridgehead atoms. The summed E-state index contributed by atoms with van der Waals surface area (Å²) in [5.74, 6) is 0.00702. The molecule has 3 aliphatic heterocycles. The van der Waals surface area contributed by atoms with Crippen LogP contribution in [0.1, 0.15) is 86.0 Å². The van der Waals surface area contributed by atoms with Crippen molar-refractivity contribution in [3.63, 3.8) is 0 Å². The third-order valence-corrected chi connectivity index (χ3v) is 7.18. The summed E-state index contributed by atoms with van der Waals surface area (Å²) in [7, 11) is 0. The molecule has 0 aromatic heterocycles. The molecule has 0 aromatic carbocycles. The molecule has 0 radical (unpaired) electrons. The van der Waals surface area contributed by atoms with Gasteiger partial charge in [0.15, 0.2) is 17.9 Å². The Kier molecular flexibility index (Phi) is 8.13. The highest BCUT2D eigenvalue weighted by Gasteiger charge is 2.58. The van der Waals surface area contributed by atoms with Crippen LogP contribution in [0.25, 0.3) is 0 Å². The van der Waals surface area contributed by atoms with Crippen LogP contribution < -0.4 is 0 Å². The van der Waals surface area contributed by atoms with E-state index in [0.29, 0.717) is 6.61 Å². The van der Waals surface area contributed by atoms with Crippen LogP contribution in [-0.2, 0) is 23.7 Å². The summed E-state index contributed by atoms with van der Waals surface area (Å²) in [6, 6.07) is 0. The Morgan fingerprint density at radius 3 is 2.11 bits per heavy atom. The molecule has 0 N–H and O–H groups in total. The van der Waals surface area contributed by atoms with Crippen molar-refractivity contribution in [1.82, 2.24) is 0 Å². The fourth-order valence-corrected chi connectivity index (χ4v) is 5.77. The Hall–Kier alpha value is 0.150. The van der Waals surface area contributed by atoms with E-state index in [9.17, 15) is 0 Å². The molecule has 0 spiro atoms. The van der Waals surface area contributed by atoms with Gasteiger partial charge in [0.2, 0.25) is 0 Å². The van der Waals surface area contributed by atoms with Crippen LogP contribution in [0.15, 0.2) is 0 Å². The first-order chi connectivity index (χ1) is 13.3. The van der Waals surface area contributed by atoms with Gasteiger partial charge in [-0.2, -0.15) is 11.8 Å². The second kappa shape index (κ2) is 9.97. The molecule has 164 valence electrons. The average molecular weight is 417 g/mol. The van der Waals surface area contributed by atoms with Gasteiger partial charge in [-0.3, -0.25) is 0 Å². The minimum atomic E-state index is -0.579. The predicted octanol–water partition coefficient (Wildman–Crippen LogP) is 5.26. The first kappa shape index (κ1) is 22.8. The van der Waals surface area contributed by atoms with Gasteiger partial charge in [0.25, 0.3) is 0 Å². The maximum atomic E-state index is 6.27. The van der Waals surface area contributed by atoms with Gasteiger partial charge in [0, 0.05) is 0 Å². The standard InChI is InChI=1S/C22H40O5S/c1-6-7-8-9-10-11-12-13-14-28-19-17(16-15-23-21(2,3)25-16)24-20-18(19)26-22(4,5)27-20/h16-20H,6-15H2,1-5H3/t16-,17-,18-,19+,20-/m1/s1. The molecule has 5 atom stereocenters. The highest BCUT2D eigenvalue weighted by molar-refractivity contribution is 8.00. The molecule has 3 fully saturated rings. The topological polar surface area (TPSA) is 46.2 Å². The molecule has 6 heteroatoms. The molecule has 0 amide bonds. The second-order valence-corrected chi connectivity index (χ2v) is 10.5. The summed E-state index contributed by atoms with van der Waals surface area (Å²) in [6.45, 7) is 10.7. The van der Waals surface area contributed by atoms with Gasteiger partial charge in [0.05, 0.1) is 11.9 Å². The Bertz CT molecular complexity index is 484. The lowest BCUT2D eigenvalue weighted by Gasteiger charge is -2.28. The van der Waals surface area contributed by atoms with Crippen molar-refractivity contribution in [2.24, 2.45) is 0 Å². The molecule has 28 heavy (non-hydrogen) atoms. The van der Waals surface area contributed by atoms with Crippen LogP contribution in [0.5, 0.6) is 0 Å². The number of unbranched alkanes of at least 4 members (excludes halogenated alkanes) is 7. The Morgan fingerprint density at radius 1 is 0.786 bits per heavy atom. The van der Waals surface area contributed by atoms with E-state index in [-0.39, 0.29) is 29.9 Å². The molecule has 0 unspecified atom stereocenters. The van der Waals surface area contributed by atoms with Crippen LogP contribution in [0.4, 0.5) is 0 Å². The summed E-state index contributed by atoms with van der Waals surface area (Å²) in [5.41, 5.74) is 0. The van der Waals surface area contributed by atoms with Crippen molar-refractivity contribution < 1.29 is 23.7 Å². The largest absolute Gasteiger partial charge is 0.348 e. The highest BCUT2D eigenvalue weighted by atomic mass is 32.2.